The molecule has 0 fully saturated rings. The van der Waals surface area contributed by atoms with Crippen molar-refractivity contribution in [2.45, 2.75) is 26.1 Å². The van der Waals surface area contributed by atoms with Gasteiger partial charge in [-0.05, 0) is 46.1 Å². The third kappa shape index (κ3) is 4.97. The van der Waals surface area contributed by atoms with E-state index in [1.807, 2.05) is 42.5 Å². The number of carboxylic acids is 1. The van der Waals surface area contributed by atoms with E-state index in [9.17, 15) is 4.79 Å². The van der Waals surface area contributed by atoms with Crippen molar-refractivity contribution in [3.05, 3.63) is 58.1 Å². The molecule has 128 valence electrons. The van der Waals surface area contributed by atoms with Gasteiger partial charge in [-0.2, -0.15) is 0 Å². The summed E-state index contributed by atoms with van der Waals surface area (Å²) >= 11 is 3.50. The van der Waals surface area contributed by atoms with Crippen LogP contribution in [0.2, 0.25) is 0 Å². The Kier molecular flexibility index (Phi) is 6.63. The van der Waals surface area contributed by atoms with Crippen molar-refractivity contribution in [3.63, 3.8) is 0 Å². The number of hydrogen-bond donors (Lipinski definition) is 2. The summed E-state index contributed by atoms with van der Waals surface area (Å²) in [4.78, 5) is 10.9. The highest BCUT2D eigenvalue weighted by Gasteiger charge is 2.14. The molecular formula is C18H20BrNO4. The fourth-order valence-electron chi connectivity index (χ4n) is 2.10. The lowest BCUT2D eigenvalue weighted by molar-refractivity contribution is -0.139. The van der Waals surface area contributed by atoms with E-state index in [1.165, 1.54) is 0 Å². The molecule has 0 radical (unpaired) electrons. The minimum atomic E-state index is -0.885. The fraction of sp³-hybridized carbons (Fsp3) is 0.278. The second-order valence-electron chi connectivity index (χ2n) is 5.32. The lowest BCUT2D eigenvalue weighted by atomic mass is 10.2. The number of halogens is 1. The van der Waals surface area contributed by atoms with Crippen LogP contribution in [-0.2, 0) is 17.9 Å². The van der Waals surface area contributed by atoms with E-state index < -0.39 is 12.0 Å². The molecule has 2 N–H and O–H groups in total. The van der Waals surface area contributed by atoms with Crippen LogP contribution in [0.15, 0.2) is 46.9 Å². The maximum absolute atomic E-state index is 10.9. The first-order valence-electron chi connectivity index (χ1n) is 7.50. The smallest absolute Gasteiger partial charge is 0.320 e. The number of methoxy groups -OCH3 is 1. The first kappa shape index (κ1) is 18.3. The molecule has 0 bridgehead atoms. The van der Waals surface area contributed by atoms with Gasteiger partial charge in [-0.1, -0.05) is 30.3 Å². The Morgan fingerprint density at radius 1 is 1.25 bits per heavy atom. The molecule has 2 aromatic rings. The molecule has 0 saturated heterocycles. The number of carbonyl (C=O) groups is 1. The van der Waals surface area contributed by atoms with E-state index in [0.29, 0.717) is 24.7 Å². The number of ether oxygens (including phenoxy) is 2. The summed E-state index contributed by atoms with van der Waals surface area (Å²) in [5, 5.41) is 11.9. The predicted molar refractivity (Wildman–Crippen MR) is 95.4 cm³/mol. The first-order chi connectivity index (χ1) is 11.5. The maximum atomic E-state index is 10.9. The number of rotatable bonds is 8. The predicted octanol–water partition coefficient (Wildman–Crippen LogP) is 3.60. The second-order valence-corrected chi connectivity index (χ2v) is 6.18. The molecule has 0 aromatic heterocycles. The minimum absolute atomic E-state index is 0.418. The lowest BCUT2D eigenvalue weighted by Gasteiger charge is -2.15. The topological polar surface area (TPSA) is 67.8 Å². The van der Waals surface area contributed by atoms with Gasteiger partial charge in [-0.3, -0.25) is 4.79 Å². The molecule has 0 aliphatic rings. The van der Waals surface area contributed by atoms with Crippen molar-refractivity contribution in [2.75, 3.05) is 7.11 Å². The van der Waals surface area contributed by atoms with Crippen LogP contribution in [0.3, 0.4) is 0 Å². The van der Waals surface area contributed by atoms with Gasteiger partial charge in [0.15, 0.2) is 11.5 Å². The summed E-state index contributed by atoms with van der Waals surface area (Å²) < 4.78 is 12.0. The SMILES string of the molecule is COc1cc(CNC(C)C(=O)O)cc(Br)c1OCc1ccccc1. The van der Waals surface area contributed by atoms with E-state index in [2.05, 4.69) is 21.2 Å². The highest BCUT2D eigenvalue weighted by Crippen LogP contribution is 2.37. The summed E-state index contributed by atoms with van der Waals surface area (Å²) in [7, 11) is 1.58. The molecule has 24 heavy (non-hydrogen) atoms. The van der Waals surface area contributed by atoms with Crippen LogP contribution in [0.5, 0.6) is 11.5 Å². The van der Waals surface area contributed by atoms with Crippen molar-refractivity contribution in [2.24, 2.45) is 0 Å². The highest BCUT2D eigenvalue weighted by atomic mass is 79.9. The number of aliphatic carboxylic acids is 1. The molecular weight excluding hydrogens is 374 g/mol. The average molecular weight is 394 g/mol. The van der Waals surface area contributed by atoms with Gasteiger partial charge in [0, 0.05) is 6.54 Å². The van der Waals surface area contributed by atoms with Gasteiger partial charge in [0.05, 0.1) is 11.6 Å². The Bertz CT molecular complexity index is 691. The van der Waals surface area contributed by atoms with Crippen LogP contribution in [0.4, 0.5) is 0 Å². The third-order valence-corrected chi connectivity index (χ3v) is 4.09. The monoisotopic (exact) mass is 393 g/mol. The summed E-state index contributed by atoms with van der Waals surface area (Å²) in [5.41, 5.74) is 1.96. The third-order valence-electron chi connectivity index (χ3n) is 3.50. The molecule has 0 spiro atoms. The zero-order valence-corrected chi connectivity index (χ0v) is 15.2. The largest absolute Gasteiger partial charge is 0.493 e. The van der Waals surface area contributed by atoms with Gasteiger partial charge in [0.1, 0.15) is 12.6 Å². The fourth-order valence-corrected chi connectivity index (χ4v) is 2.71. The number of carboxylic acid groups (broad SMARTS) is 1. The highest BCUT2D eigenvalue weighted by molar-refractivity contribution is 9.10. The van der Waals surface area contributed by atoms with Crippen molar-refractivity contribution in [3.8, 4) is 11.5 Å². The Morgan fingerprint density at radius 3 is 2.58 bits per heavy atom. The molecule has 1 unspecified atom stereocenters. The minimum Gasteiger partial charge on any atom is -0.493 e. The molecule has 0 amide bonds. The van der Waals surface area contributed by atoms with Gasteiger partial charge in [-0.25, -0.2) is 0 Å². The molecule has 1 atom stereocenters. The quantitative estimate of drug-likeness (QED) is 0.716. The van der Waals surface area contributed by atoms with Crippen molar-refractivity contribution < 1.29 is 19.4 Å². The summed E-state index contributed by atoms with van der Waals surface area (Å²) in [6.07, 6.45) is 0. The molecule has 2 aromatic carbocycles. The van der Waals surface area contributed by atoms with Gasteiger partial charge < -0.3 is 19.9 Å². The van der Waals surface area contributed by atoms with Crippen LogP contribution in [0.1, 0.15) is 18.1 Å². The van der Waals surface area contributed by atoms with Crippen LogP contribution >= 0.6 is 15.9 Å². The van der Waals surface area contributed by atoms with E-state index in [0.717, 1.165) is 15.6 Å². The Hall–Kier alpha value is -2.05. The van der Waals surface area contributed by atoms with Crippen molar-refractivity contribution in [1.29, 1.82) is 0 Å². The van der Waals surface area contributed by atoms with E-state index >= 15 is 0 Å². The molecule has 2 rings (SSSR count). The molecule has 0 heterocycles. The lowest BCUT2D eigenvalue weighted by Crippen LogP contribution is -2.33. The number of benzene rings is 2. The molecule has 6 heteroatoms. The summed E-state index contributed by atoms with van der Waals surface area (Å²) in [6, 6.07) is 13.0. The molecule has 5 nitrogen and oxygen atoms in total. The Labute approximate surface area is 149 Å². The van der Waals surface area contributed by atoms with Gasteiger partial charge >= 0.3 is 5.97 Å². The Balaban J connectivity index is 2.10. The van der Waals surface area contributed by atoms with Gasteiger partial charge in [0.2, 0.25) is 0 Å². The number of nitrogens with one attached hydrogen (secondary N) is 1. The summed E-state index contributed by atoms with van der Waals surface area (Å²) in [5.74, 6) is 0.334. The zero-order chi connectivity index (χ0) is 17.5. The van der Waals surface area contributed by atoms with Crippen molar-refractivity contribution in [1.82, 2.24) is 5.32 Å². The Morgan fingerprint density at radius 2 is 1.96 bits per heavy atom. The van der Waals surface area contributed by atoms with Crippen LogP contribution in [-0.4, -0.2) is 24.2 Å². The van der Waals surface area contributed by atoms with E-state index in [1.54, 1.807) is 14.0 Å². The first-order valence-corrected chi connectivity index (χ1v) is 8.30. The second kappa shape index (κ2) is 8.70. The standard InChI is InChI=1S/C18H20BrNO4/c1-12(18(21)22)20-10-14-8-15(19)17(16(9-14)23-2)24-11-13-6-4-3-5-7-13/h3-9,12,20H,10-11H2,1-2H3,(H,21,22). The van der Waals surface area contributed by atoms with Crippen LogP contribution in [0.25, 0.3) is 0 Å². The van der Waals surface area contributed by atoms with E-state index in [4.69, 9.17) is 14.6 Å². The summed E-state index contributed by atoms with van der Waals surface area (Å²) in [6.45, 7) is 2.46. The molecule has 0 aliphatic carbocycles. The number of hydrogen-bond acceptors (Lipinski definition) is 4. The van der Waals surface area contributed by atoms with Crippen LogP contribution < -0.4 is 14.8 Å². The van der Waals surface area contributed by atoms with Crippen molar-refractivity contribution >= 4 is 21.9 Å². The van der Waals surface area contributed by atoms with E-state index in [-0.39, 0.29) is 0 Å². The average Bonchev–Trinajstić information content (AvgIpc) is 2.58. The molecule has 0 aliphatic heterocycles. The van der Waals surface area contributed by atoms with Gasteiger partial charge in [0.25, 0.3) is 0 Å². The van der Waals surface area contributed by atoms with Crippen LogP contribution in [0, 0.1) is 0 Å². The zero-order valence-electron chi connectivity index (χ0n) is 13.6. The maximum Gasteiger partial charge on any atom is 0.320 e. The normalized spacial score (nSPS) is 11.8. The van der Waals surface area contributed by atoms with Gasteiger partial charge in [-0.15, -0.1) is 0 Å². The molecule has 0 saturated carbocycles.